The van der Waals surface area contributed by atoms with E-state index in [4.69, 9.17) is 5.73 Å². The number of carbonyl (C=O) groups excluding carboxylic acids is 2. The van der Waals surface area contributed by atoms with Gasteiger partial charge in [-0.05, 0) is 50.1 Å². The van der Waals surface area contributed by atoms with Gasteiger partial charge in [-0.3, -0.25) is 14.5 Å². The second-order valence-corrected chi connectivity index (χ2v) is 7.52. The molecule has 126 valence electrons. The van der Waals surface area contributed by atoms with Crippen LogP contribution in [-0.2, 0) is 16.0 Å². The predicted octanol–water partition coefficient (Wildman–Crippen LogP) is 1.62. The smallest absolute Gasteiger partial charge is 0.234 e. The molecule has 0 spiro atoms. The van der Waals surface area contributed by atoms with Crippen molar-refractivity contribution in [2.24, 2.45) is 5.73 Å². The Morgan fingerprint density at radius 2 is 2.00 bits per heavy atom. The minimum absolute atomic E-state index is 0.0962. The number of hydrogen-bond donors (Lipinski definition) is 1. The molecule has 3 rings (SSSR count). The summed E-state index contributed by atoms with van der Waals surface area (Å²) in [5.74, 6) is 0.0571. The monoisotopic (exact) mass is 335 g/mol. The molecular weight excluding hydrogens is 310 g/mol. The van der Waals surface area contributed by atoms with E-state index in [2.05, 4.69) is 16.3 Å². The van der Waals surface area contributed by atoms with Gasteiger partial charge in [0.1, 0.15) is 0 Å². The topological polar surface area (TPSA) is 66.6 Å². The van der Waals surface area contributed by atoms with E-state index in [1.165, 1.54) is 4.88 Å². The number of nitrogens with zero attached hydrogens (tertiary/aromatic N) is 2. The van der Waals surface area contributed by atoms with Crippen molar-refractivity contribution in [1.82, 2.24) is 9.80 Å². The lowest BCUT2D eigenvalue weighted by molar-refractivity contribution is -0.133. The first-order valence-electron chi connectivity index (χ1n) is 8.50. The summed E-state index contributed by atoms with van der Waals surface area (Å²) in [5.41, 5.74) is 5.51. The van der Waals surface area contributed by atoms with Crippen LogP contribution in [-0.4, -0.2) is 53.3 Å². The molecule has 23 heavy (non-hydrogen) atoms. The van der Waals surface area contributed by atoms with Crippen molar-refractivity contribution in [3.8, 4) is 0 Å². The molecule has 3 heterocycles. The predicted molar refractivity (Wildman–Crippen MR) is 91.2 cm³/mol. The average molecular weight is 335 g/mol. The van der Waals surface area contributed by atoms with E-state index >= 15 is 0 Å². The second-order valence-electron chi connectivity index (χ2n) is 6.49. The third-order valence-corrected chi connectivity index (χ3v) is 6.01. The van der Waals surface area contributed by atoms with Crippen molar-refractivity contribution in [2.45, 2.75) is 50.6 Å². The highest BCUT2D eigenvalue weighted by molar-refractivity contribution is 7.09. The van der Waals surface area contributed by atoms with Crippen molar-refractivity contribution in [3.63, 3.8) is 0 Å². The number of piperidine rings is 1. The molecule has 2 amide bonds. The normalized spacial score (nSPS) is 23.3. The van der Waals surface area contributed by atoms with Crippen LogP contribution in [0.3, 0.4) is 0 Å². The van der Waals surface area contributed by atoms with E-state index < -0.39 is 0 Å². The standard InChI is InChI=1S/C17H25N3O2S/c18-17(22)15-4-1-9-20(15)13-7-10-19(11-8-13)16(21)6-5-14-3-2-12-23-14/h2-3,12-13,15H,1,4-11H2,(H2,18,22). The Balaban J connectivity index is 1.46. The second kappa shape index (κ2) is 7.45. The van der Waals surface area contributed by atoms with Gasteiger partial charge in [0.15, 0.2) is 0 Å². The summed E-state index contributed by atoms with van der Waals surface area (Å²) in [6, 6.07) is 4.42. The zero-order valence-corrected chi connectivity index (χ0v) is 14.3. The summed E-state index contributed by atoms with van der Waals surface area (Å²) in [4.78, 5) is 29.4. The van der Waals surface area contributed by atoms with Gasteiger partial charge in [0.05, 0.1) is 6.04 Å². The highest BCUT2D eigenvalue weighted by atomic mass is 32.1. The molecule has 0 aliphatic carbocycles. The zero-order valence-electron chi connectivity index (χ0n) is 13.4. The van der Waals surface area contributed by atoms with Gasteiger partial charge < -0.3 is 10.6 Å². The van der Waals surface area contributed by atoms with E-state index in [1.807, 2.05) is 11.0 Å². The number of likely N-dealkylation sites (tertiary alicyclic amines) is 2. The Hall–Kier alpha value is -1.40. The maximum absolute atomic E-state index is 12.3. The van der Waals surface area contributed by atoms with Crippen LogP contribution in [0.5, 0.6) is 0 Å². The third-order valence-electron chi connectivity index (χ3n) is 5.07. The molecule has 5 nitrogen and oxygen atoms in total. The number of thiophene rings is 1. The Bertz CT molecular complexity index is 538. The van der Waals surface area contributed by atoms with Gasteiger partial charge in [-0.15, -0.1) is 11.3 Å². The number of amides is 2. The molecule has 0 saturated carbocycles. The van der Waals surface area contributed by atoms with Gasteiger partial charge in [0.25, 0.3) is 0 Å². The first-order chi connectivity index (χ1) is 11.1. The van der Waals surface area contributed by atoms with E-state index in [1.54, 1.807) is 11.3 Å². The minimum Gasteiger partial charge on any atom is -0.368 e. The Labute approximate surface area is 141 Å². The number of rotatable bonds is 5. The summed E-state index contributed by atoms with van der Waals surface area (Å²) in [6.45, 7) is 2.57. The van der Waals surface area contributed by atoms with Crippen LogP contribution in [0, 0.1) is 0 Å². The van der Waals surface area contributed by atoms with Crippen LogP contribution < -0.4 is 5.73 Å². The lowest BCUT2D eigenvalue weighted by atomic mass is 10.0. The highest BCUT2D eigenvalue weighted by Crippen LogP contribution is 2.26. The molecule has 6 heteroatoms. The fraction of sp³-hybridized carbons (Fsp3) is 0.647. The maximum Gasteiger partial charge on any atom is 0.234 e. The highest BCUT2D eigenvalue weighted by Gasteiger charge is 2.36. The summed E-state index contributed by atoms with van der Waals surface area (Å²) in [7, 11) is 0. The Kier molecular flexibility index (Phi) is 5.33. The average Bonchev–Trinajstić information content (AvgIpc) is 3.24. The molecule has 1 aromatic heterocycles. The molecule has 0 radical (unpaired) electrons. The van der Waals surface area contributed by atoms with Crippen LogP contribution in [0.4, 0.5) is 0 Å². The summed E-state index contributed by atoms with van der Waals surface area (Å²) >= 11 is 1.71. The van der Waals surface area contributed by atoms with Crippen molar-refractivity contribution in [2.75, 3.05) is 19.6 Å². The van der Waals surface area contributed by atoms with E-state index in [9.17, 15) is 9.59 Å². The Morgan fingerprint density at radius 3 is 2.65 bits per heavy atom. The molecule has 1 unspecified atom stereocenters. The molecule has 2 aliphatic rings. The molecule has 2 saturated heterocycles. The number of primary amides is 1. The van der Waals surface area contributed by atoms with Gasteiger partial charge in [0.2, 0.25) is 11.8 Å². The first-order valence-corrected chi connectivity index (χ1v) is 9.38. The number of carbonyl (C=O) groups is 2. The molecule has 1 atom stereocenters. The molecule has 0 aromatic carbocycles. The molecule has 1 aromatic rings. The molecule has 2 N–H and O–H groups in total. The van der Waals surface area contributed by atoms with Crippen LogP contribution >= 0.6 is 11.3 Å². The van der Waals surface area contributed by atoms with E-state index in [0.29, 0.717) is 12.5 Å². The number of hydrogen-bond acceptors (Lipinski definition) is 4. The minimum atomic E-state index is -0.197. The van der Waals surface area contributed by atoms with E-state index in [0.717, 1.165) is 51.7 Å². The SMILES string of the molecule is NC(=O)C1CCCN1C1CCN(C(=O)CCc2cccs2)CC1. The lowest BCUT2D eigenvalue weighted by Gasteiger charge is -2.38. The van der Waals surface area contributed by atoms with Crippen LogP contribution in [0.2, 0.25) is 0 Å². The van der Waals surface area contributed by atoms with Crippen LogP contribution in [0.15, 0.2) is 17.5 Å². The summed E-state index contributed by atoms with van der Waals surface area (Å²) < 4.78 is 0. The van der Waals surface area contributed by atoms with Crippen LogP contribution in [0.1, 0.15) is 37.0 Å². The van der Waals surface area contributed by atoms with Gasteiger partial charge in [-0.2, -0.15) is 0 Å². The zero-order chi connectivity index (χ0) is 16.2. The van der Waals surface area contributed by atoms with Gasteiger partial charge in [0, 0.05) is 30.4 Å². The van der Waals surface area contributed by atoms with Crippen LogP contribution in [0.25, 0.3) is 0 Å². The first kappa shape index (κ1) is 16.5. The van der Waals surface area contributed by atoms with Gasteiger partial charge in [-0.1, -0.05) is 6.07 Å². The molecule has 2 aliphatic heterocycles. The molecule has 2 fully saturated rings. The largest absolute Gasteiger partial charge is 0.368 e. The molecule has 0 bridgehead atoms. The number of aryl methyl sites for hydroxylation is 1. The van der Waals surface area contributed by atoms with Crippen molar-refractivity contribution in [3.05, 3.63) is 22.4 Å². The quantitative estimate of drug-likeness (QED) is 0.889. The van der Waals surface area contributed by atoms with Gasteiger partial charge >= 0.3 is 0 Å². The summed E-state index contributed by atoms with van der Waals surface area (Å²) in [5, 5.41) is 2.05. The summed E-state index contributed by atoms with van der Waals surface area (Å²) in [6.07, 6.45) is 5.27. The lowest BCUT2D eigenvalue weighted by Crippen LogP contribution is -2.51. The fourth-order valence-corrected chi connectivity index (χ4v) is 4.53. The van der Waals surface area contributed by atoms with Crippen molar-refractivity contribution < 1.29 is 9.59 Å². The maximum atomic E-state index is 12.3. The number of nitrogens with two attached hydrogens (primary N) is 1. The fourth-order valence-electron chi connectivity index (χ4n) is 3.82. The van der Waals surface area contributed by atoms with Crippen molar-refractivity contribution >= 4 is 23.2 Å². The van der Waals surface area contributed by atoms with Gasteiger partial charge in [-0.25, -0.2) is 0 Å². The molecular formula is C17H25N3O2S. The third kappa shape index (κ3) is 3.93. The Morgan fingerprint density at radius 1 is 1.22 bits per heavy atom. The van der Waals surface area contributed by atoms with Crippen molar-refractivity contribution in [1.29, 1.82) is 0 Å². The van der Waals surface area contributed by atoms with E-state index in [-0.39, 0.29) is 17.9 Å².